The lowest BCUT2D eigenvalue weighted by molar-refractivity contribution is -0.134. The van der Waals surface area contributed by atoms with Gasteiger partial charge < -0.3 is 14.4 Å². The predicted molar refractivity (Wildman–Crippen MR) is 125 cm³/mol. The molecule has 4 rings (SSSR count). The molecule has 0 radical (unpaired) electrons. The van der Waals surface area contributed by atoms with Gasteiger partial charge in [-0.15, -0.1) is 0 Å². The predicted octanol–water partition coefficient (Wildman–Crippen LogP) is 5.00. The number of nitrogens with one attached hydrogen (secondary N) is 1. The molecule has 0 spiro atoms. The first-order valence-corrected chi connectivity index (χ1v) is 11.0. The number of hydrogen-bond donors (Lipinski definition) is 1. The second kappa shape index (κ2) is 8.87. The third-order valence-corrected chi connectivity index (χ3v) is 5.97. The van der Waals surface area contributed by atoms with Crippen LogP contribution in [0.4, 0.5) is 0 Å². The number of nitrogens with zero attached hydrogens (tertiary/aromatic N) is 2. The Kier molecular flexibility index (Phi) is 6.15. The van der Waals surface area contributed by atoms with Crippen molar-refractivity contribution in [3.05, 3.63) is 64.3 Å². The van der Waals surface area contributed by atoms with Crippen molar-refractivity contribution in [3.63, 3.8) is 0 Å². The minimum absolute atomic E-state index is 0.0188. The lowest BCUT2D eigenvalue weighted by Crippen LogP contribution is -2.39. The van der Waals surface area contributed by atoms with Crippen LogP contribution in [0.2, 0.25) is 5.02 Å². The van der Waals surface area contributed by atoms with Gasteiger partial charge in [-0.25, -0.2) is 0 Å². The number of carbonyl (C=O) groups is 1. The maximum absolute atomic E-state index is 13.0. The van der Waals surface area contributed by atoms with Crippen molar-refractivity contribution < 1.29 is 14.3 Å². The number of rotatable bonds is 5. The number of aromatic nitrogens is 2. The molecule has 3 aromatic rings. The third-order valence-electron chi connectivity index (χ3n) is 5.73. The molecule has 0 unspecified atom stereocenters. The molecule has 168 valence electrons. The number of benzene rings is 2. The van der Waals surface area contributed by atoms with Crippen molar-refractivity contribution in [1.29, 1.82) is 0 Å². The van der Waals surface area contributed by atoms with Crippen LogP contribution in [0.3, 0.4) is 0 Å². The average molecular weight is 454 g/mol. The van der Waals surface area contributed by atoms with Gasteiger partial charge in [0.05, 0.1) is 12.8 Å². The number of ether oxygens (including phenoxy) is 2. The average Bonchev–Trinajstić information content (AvgIpc) is 3.20. The highest BCUT2D eigenvalue weighted by atomic mass is 35.5. The normalized spacial score (nSPS) is 13.6. The standard InChI is InChI=1S/C25H28ClN3O3/c1-25(2,3)20-13-18(31-4)8-9-22(20)32-15-23(30)29-11-10-21-19(14-29)24(28-27-21)16-6-5-7-17(26)12-16/h5-9,12-13H,10-11,14-15H2,1-4H3,(H,27,28). The van der Waals surface area contributed by atoms with Gasteiger partial charge in [0, 0.05) is 46.9 Å². The van der Waals surface area contributed by atoms with Gasteiger partial charge in [0.2, 0.25) is 0 Å². The van der Waals surface area contributed by atoms with Gasteiger partial charge in [-0.3, -0.25) is 9.89 Å². The van der Waals surface area contributed by atoms with Crippen molar-refractivity contribution in [2.45, 2.75) is 39.2 Å². The molecule has 0 aliphatic carbocycles. The van der Waals surface area contributed by atoms with Gasteiger partial charge in [0.1, 0.15) is 11.5 Å². The van der Waals surface area contributed by atoms with Gasteiger partial charge in [-0.1, -0.05) is 44.5 Å². The van der Waals surface area contributed by atoms with Crippen LogP contribution >= 0.6 is 11.6 Å². The summed E-state index contributed by atoms with van der Waals surface area (Å²) in [7, 11) is 1.64. The fraction of sp³-hybridized carbons (Fsp3) is 0.360. The maximum Gasteiger partial charge on any atom is 0.260 e. The summed E-state index contributed by atoms with van der Waals surface area (Å²) >= 11 is 6.16. The minimum atomic E-state index is -0.143. The van der Waals surface area contributed by atoms with E-state index in [4.69, 9.17) is 21.1 Å². The number of amides is 1. The van der Waals surface area contributed by atoms with Crippen LogP contribution < -0.4 is 9.47 Å². The molecule has 6 nitrogen and oxygen atoms in total. The highest BCUT2D eigenvalue weighted by Gasteiger charge is 2.27. The van der Waals surface area contributed by atoms with Gasteiger partial charge in [-0.05, 0) is 35.7 Å². The summed E-state index contributed by atoms with van der Waals surface area (Å²) in [5, 5.41) is 8.27. The van der Waals surface area contributed by atoms with Gasteiger partial charge in [-0.2, -0.15) is 5.10 Å². The Labute approximate surface area is 193 Å². The lowest BCUT2D eigenvalue weighted by Gasteiger charge is -2.28. The summed E-state index contributed by atoms with van der Waals surface area (Å²) in [5.74, 6) is 1.42. The fourth-order valence-corrected chi connectivity index (χ4v) is 4.15. The molecule has 0 saturated heterocycles. The van der Waals surface area contributed by atoms with Crippen LogP contribution in [0.15, 0.2) is 42.5 Å². The summed E-state index contributed by atoms with van der Waals surface area (Å²) in [4.78, 5) is 14.8. The molecule has 1 aliphatic rings. The number of H-pyrrole nitrogens is 1. The van der Waals surface area contributed by atoms with E-state index >= 15 is 0 Å². The van der Waals surface area contributed by atoms with E-state index in [9.17, 15) is 4.79 Å². The number of fused-ring (bicyclic) bond motifs is 1. The van der Waals surface area contributed by atoms with E-state index in [0.29, 0.717) is 23.9 Å². The van der Waals surface area contributed by atoms with Gasteiger partial charge in [0.25, 0.3) is 5.91 Å². The van der Waals surface area contributed by atoms with Crippen LogP contribution in [-0.2, 0) is 23.2 Å². The zero-order valence-corrected chi connectivity index (χ0v) is 19.6. The van der Waals surface area contributed by atoms with Crippen molar-refractivity contribution in [2.75, 3.05) is 20.3 Å². The van der Waals surface area contributed by atoms with Crippen molar-refractivity contribution in [3.8, 4) is 22.8 Å². The van der Waals surface area contributed by atoms with Crippen molar-refractivity contribution in [1.82, 2.24) is 15.1 Å². The Bertz CT molecular complexity index is 1130. The first-order chi connectivity index (χ1) is 15.3. The number of halogens is 1. The van der Waals surface area contributed by atoms with Crippen LogP contribution in [0.25, 0.3) is 11.3 Å². The molecule has 1 aliphatic heterocycles. The monoisotopic (exact) mass is 453 g/mol. The smallest absolute Gasteiger partial charge is 0.260 e. The quantitative estimate of drug-likeness (QED) is 0.590. The van der Waals surface area contributed by atoms with Crippen LogP contribution in [0.5, 0.6) is 11.5 Å². The lowest BCUT2D eigenvalue weighted by atomic mass is 9.86. The molecule has 1 amide bonds. The molecule has 0 fully saturated rings. The Balaban J connectivity index is 1.49. The molecule has 7 heteroatoms. The molecule has 32 heavy (non-hydrogen) atoms. The SMILES string of the molecule is COc1ccc(OCC(=O)N2CCc3[nH]nc(-c4cccc(Cl)c4)c3C2)c(C(C)(C)C)c1. The number of carbonyl (C=O) groups excluding carboxylic acids is 1. The van der Waals surface area contributed by atoms with E-state index in [1.807, 2.05) is 47.4 Å². The van der Waals surface area contributed by atoms with E-state index < -0.39 is 0 Å². The molecule has 0 saturated carbocycles. The Hall–Kier alpha value is -2.99. The van der Waals surface area contributed by atoms with Crippen LogP contribution in [0, 0.1) is 0 Å². The summed E-state index contributed by atoms with van der Waals surface area (Å²) < 4.78 is 11.3. The highest BCUT2D eigenvalue weighted by molar-refractivity contribution is 6.30. The van der Waals surface area contributed by atoms with Crippen molar-refractivity contribution in [2.24, 2.45) is 0 Å². The van der Waals surface area contributed by atoms with Gasteiger partial charge in [0.15, 0.2) is 6.61 Å². The third kappa shape index (κ3) is 4.60. The second-order valence-electron chi connectivity index (χ2n) is 9.01. The molecular formula is C25H28ClN3O3. The second-order valence-corrected chi connectivity index (χ2v) is 9.44. The molecule has 2 aromatic carbocycles. The highest BCUT2D eigenvalue weighted by Crippen LogP contribution is 2.35. The maximum atomic E-state index is 13.0. The van der Waals surface area contributed by atoms with E-state index in [1.165, 1.54) is 0 Å². The Morgan fingerprint density at radius 1 is 1.22 bits per heavy atom. The fourth-order valence-electron chi connectivity index (χ4n) is 3.96. The Morgan fingerprint density at radius 2 is 2.03 bits per heavy atom. The number of hydrogen-bond acceptors (Lipinski definition) is 4. The Morgan fingerprint density at radius 3 is 2.75 bits per heavy atom. The topological polar surface area (TPSA) is 67.5 Å². The van der Waals surface area contributed by atoms with Crippen LogP contribution in [-0.4, -0.2) is 41.3 Å². The molecule has 1 aromatic heterocycles. The number of methoxy groups -OCH3 is 1. The molecule has 1 N–H and O–H groups in total. The molecule has 0 atom stereocenters. The zero-order valence-electron chi connectivity index (χ0n) is 18.9. The summed E-state index contributed by atoms with van der Waals surface area (Å²) in [5.41, 5.74) is 4.74. The van der Waals surface area contributed by atoms with E-state index in [-0.39, 0.29) is 17.9 Å². The molecular weight excluding hydrogens is 426 g/mol. The summed E-state index contributed by atoms with van der Waals surface area (Å²) in [6.07, 6.45) is 0.727. The van der Waals surface area contributed by atoms with E-state index in [0.717, 1.165) is 40.2 Å². The minimum Gasteiger partial charge on any atom is -0.497 e. The number of aromatic amines is 1. The van der Waals surface area contributed by atoms with Crippen molar-refractivity contribution >= 4 is 17.5 Å². The molecule has 0 bridgehead atoms. The first-order valence-electron chi connectivity index (χ1n) is 10.7. The van der Waals surface area contributed by atoms with Crippen LogP contribution in [0.1, 0.15) is 37.6 Å². The van der Waals surface area contributed by atoms with E-state index in [1.54, 1.807) is 7.11 Å². The summed E-state index contributed by atoms with van der Waals surface area (Å²) in [6, 6.07) is 13.3. The summed E-state index contributed by atoms with van der Waals surface area (Å²) in [6.45, 7) is 7.43. The molecule has 2 heterocycles. The largest absolute Gasteiger partial charge is 0.497 e. The van der Waals surface area contributed by atoms with Gasteiger partial charge >= 0.3 is 0 Å². The zero-order chi connectivity index (χ0) is 22.9. The van der Waals surface area contributed by atoms with E-state index in [2.05, 4.69) is 31.0 Å². The first kappa shape index (κ1) is 22.2.